The van der Waals surface area contributed by atoms with Crippen molar-refractivity contribution in [1.29, 1.82) is 0 Å². The quantitative estimate of drug-likeness (QED) is 0.758. The van der Waals surface area contributed by atoms with E-state index >= 15 is 0 Å². The van der Waals surface area contributed by atoms with Gasteiger partial charge in [0.05, 0.1) is 6.10 Å². The van der Waals surface area contributed by atoms with Gasteiger partial charge in [0.2, 0.25) is 11.8 Å². The van der Waals surface area contributed by atoms with E-state index in [2.05, 4.69) is 5.32 Å². The highest BCUT2D eigenvalue weighted by Crippen LogP contribution is 2.09. The van der Waals surface area contributed by atoms with Crippen LogP contribution in [0.4, 0.5) is 0 Å². The van der Waals surface area contributed by atoms with Gasteiger partial charge in [0.15, 0.2) is 0 Å². The average molecular weight is 250 g/mol. The number of rotatable bonds is 6. The van der Waals surface area contributed by atoms with Gasteiger partial charge < -0.3 is 15.8 Å². The van der Waals surface area contributed by atoms with Gasteiger partial charge in [-0.05, 0) is 5.56 Å². The Balaban J connectivity index is 2.79. The molecule has 0 heterocycles. The van der Waals surface area contributed by atoms with E-state index in [1.807, 2.05) is 30.3 Å². The van der Waals surface area contributed by atoms with E-state index in [0.717, 1.165) is 5.56 Å². The van der Waals surface area contributed by atoms with Crippen LogP contribution in [0.3, 0.4) is 0 Å². The van der Waals surface area contributed by atoms with E-state index in [-0.39, 0.29) is 5.91 Å². The molecule has 0 unspecified atom stereocenters. The third kappa shape index (κ3) is 4.18. The summed E-state index contributed by atoms with van der Waals surface area (Å²) in [5.41, 5.74) is 6.30. The number of benzene rings is 1. The third-order valence-corrected chi connectivity index (χ3v) is 2.62. The van der Waals surface area contributed by atoms with Crippen molar-refractivity contribution >= 4 is 11.8 Å². The fourth-order valence-electron chi connectivity index (χ4n) is 1.75. The minimum absolute atomic E-state index is 0.311. The molecule has 0 aliphatic rings. The van der Waals surface area contributed by atoms with Gasteiger partial charge in [-0.15, -0.1) is 0 Å². The lowest BCUT2D eigenvalue weighted by Crippen LogP contribution is -2.52. The van der Waals surface area contributed by atoms with E-state index in [0.29, 0.717) is 6.42 Å². The molecule has 0 aromatic heterocycles. The predicted octanol–water partition coefficient (Wildman–Crippen LogP) is 0.234. The van der Waals surface area contributed by atoms with Gasteiger partial charge >= 0.3 is 0 Å². The molecule has 18 heavy (non-hydrogen) atoms. The Kier molecular flexibility index (Phi) is 5.32. The van der Waals surface area contributed by atoms with Crippen LogP contribution in [0.25, 0.3) is 0 Å². The number of ether oxygens (including phenoxy) is 1. The summed E-state index contributed by atoms with van der Waals surface area (Å²) < 4.78 is 5.26. The third-order valence-electron chi connectivity index (χ3n) is 2.62. The highest BCUT2D eigenvalue weighted by Gasteiger charge is 2.27. The number of hydrogen-bond acceptors (Lipinski definition) is 3. The fourth-order valence-corrected chi connectivity index (χ4v) is 1.75. The maximum Gasteiger partial charge on any atom is 0.242 e. The van der Waals surface area contributed by atoms with Gasteiger partial charge in [-0.25, -0.2) is 0 Å². The molecule has 0 saturated carbocycles. The summed E-state index contributed by atoms with van der Waals surface area (Å²) in [6.07, 6.45) is 0.0272. The lowest BCUT2D eigenvalue weighted by Gasteiger charge is -2.24. The average Bonchev–Trinajstić information content (AvgIpc) is 2.34. The molecule has 98 valence electrons. The van der Waals surface area contributed by atoms with E-state index in [4.69, 9.17) is 10.5 Å². The minimum atomic E-state index is -0.826. The molecule has 5 nitrogen and oxygen atoms in total. The first-order valence-corrected chi connectivity index (χ1v) is 5.67. The largest absolute Gasteiger partial charge is 0.378 e. The number of primary amides is 1. The fraction of sp³-hybridized carbons (Fsp3) is 0.385. The first-order valence-electron chi connectivity index (χ1n) is 5.67. The Labute approximate surface area is 106 Å². The second kappa shape index (κ2) is 6.76. The monoisotopic (exact) mass is 250 g/mol. The van der Waals surface area contributed by atoms with Crippen molar-refractivity contribution in [2.24, 2.45) is 5.73 Å². The lowest BCUT2D eigenvalue weighted by atomic mass is 10.0. The molecule has 0 radical (unpaired) electrons. The van der Waals surface area contributed by atoms with Crippen LogP contribution in [0.15, 0.2) is 30.3 Å². The first-order chi connectivity index (χ1) is 8.54. The van der Waals surface area contributed by atoms with Gasteiger partial charge in [0.1, 0.15) is 6.04 Å². The molecule has 2 atom stereocenters. The van der Waals surface area contributed by atoms with Crippen LogP contribution in [0.2, 0.25) is 0 Å². The predicted molar refractivity (Wildman–Crippen MR) is 67.7 cm³/mol. The topological polar surface area (TPSA) is 81.4 Å². The molecular formula is C13H18N2O3. The smallest absolute Gasteiger partial charge is 0.242 e. The molecule has 0 aliphatic carbocycles. The van der Waals surface area contributed by atoms with Crippen LogP contribution in [0.1, 0.15) is 12.5 Å². The van der Waals surface area contributed by atoms with Gasteiger partial charge in [0, 0.05) is 20.5 Å². The normalized spacial score (nSPS) is 13.7. The van der Waals surface area contributed by atoms with Crippen molar-refractivity contribution in [3.63, 3.8) is 0 Å². The molecule has 0 bridgehead atoms. The van der Waals surface area contributed by atoms with E-state index in [1.165, 1.54) is 14.0 Å². The summed E-state index contributed by atoms with van der Waals surface area (Å²) in [7, 11) is 1.49. The Morgan fingerprint density at radius 3 is 2.39 bits per heavy atom. The first kappa shape index (κ1) is 14.2. The Morgan fingerprint density at radius 2 is 1.94 bits per heavy atom. The molecule has 1 aromatic carbocycles. The zero-order chi connectivity index (χ0) is 13.5. The molecule has 5 heteroatoms. The van der Waals surface area contributed by atoms with Crippen molar-refractivity contribution in [3.8, 4) is 0 Å². The molecule has 3 N–H and O–H groups in total. The number of methoxy groups -OCH3 is 1. The molecule has 0 aliphatic heterocycles. The SMILES string of the molecule is CO[C@H](Cc1ccccc1)[C@@H](NC(C)=O)C(N)=O. The molecule has 2 amide bonds. The Morgan fingerprint density at radius 1 is 1.33 bits per heavy atom. The van der Waals surface area contributed by atoms with Gasteiger partial charge in [-0.3, -0.25) is 9.59 Å². The van der Waals surface area contributed by atoms with Crippen LogP contribution in [-0.4, -0.2) is 31.1 Å². The number of hydrogen-bond donors (Lipinski definition) is 2. The molecule has 1 rings (SSSR count). The second-order valence-electron chi connectivity index (χ2n) is 4.04. The Bertz CT molecular complexity index is 406. The summed E-state index contributed by atoms with van der Waals surface area (Å²) in [4.78, 5) is 22.4. The number of carbonyl (C=O) groups is 2. The molecular weight excluding hydrogens is 232 g/mol. The van der Waals surface area contributed by atoms with Crippen LogP contribution < -0.4 is 11.1 Å². The number of nitrogens with one attached hydrogen (secondary N) is 1. The van der Waals surface area contributed by atoms with Gasteiger partial charge in [-0.1, -0.05) is 30.3 Å². The van der Waals surface area contributed by atoms with Crippen molar-refractivity contribution < 1.29 is 14.3 Å². The van der Waals surface area contributed by atoms with Crippen LogP contribution in [0, 0.1) is 0 Å². The standard InChI is InChI=1S/C13H18N2O3/c1-9(16)15-12(13(14)17)11(18-2)8-10-6-4-3-5-7-10/h3-7,11-12H,8H2,1-2H3,(H2,14,17)(H,15,16)/t11-,12-/m1/s1. The van der Waals surface area contributed by atoms with Crippen molar-refractivity contribution in [3.05, 3.63) is 35.9 Å². The Hall–Kier alpha value is -1.88. The summed E-state index contributed by atoms with van der Waals surface area (Å²) >= 11 is 0. The second-order valence-corrected chi connectivity index (χ2v) is 4.04. The molecule has 0 fully saturated rings. The number of nitrogens with two attached hydrogens (primary N) is 1. The molecule has 0 saturated heterocycles. The number of carbonyl (C=O) groups excluding carboxylic acids is 2. The van der Waals surface area contributed by atoms with Crippen LogP contribution in [-0.2, 0) is 20.7 Å². The summed E-state index contributed by atoms with van der Waals surface area (Å²) in [5.74, 6) is -0.915. The highest BCUT2D eigenvalue weighted by molar-refractivity contribution is 5.86. The maximum absolute atomic E-state index is 11.4. The lowest BCUT2D eigenvalue weighted by molar-refractivity contribution is -0.129. The summed E-state index contributed by atoms with van der Waals surface area (Å²) in [5, 5.41) is 2.51. The zero-order valence-corrected chi connectivity index (χ0v) is 10.6. The molecule has 0 spiro atoms. The zero-order valence-electron chi connectivity index (χ0n) is 10.6. The van der Waals surface area contributed by atoms with Gasteiger partial charge in [-0.2, -0.15) is 0 Å². The van der Waals surface area contributed by atoms with Crippen molar-refractivity contribution in [2.75, 3.05) is 7.11 Å². The van der Waals surface area contributed by atoms with Crippen molar-refractivity contribution in [2.45, 2.75) is 25.5 Å². The maximum atomic E-state index is 11.4. The molecule has 1 aromatic rings. The van der Waals surface area contributed by atoms with Gasteiger partial charge in [0.25, 0.3) is 0 Å². The van der Waals surface area contributed by atoms with Crippen LogP contribution >= 0.6 is 0 Å². The van der Waals surface area contributed by atoms with E-state index in [1.54, 1.807) is 0 Å². The van der Waals surface area contributed by atoms with E-state index < -0.39 is 18.1 Å². The van der Waals surface area contributed by atoms with Crippen LogP contribution in [0.5, 0.6) is 0 Å². The minimum Gasteiger partial charge on any atom is -0.378 e. The van der Waals surface area contributed by atoms with Crippen molar-refractivity contribution in [1.82, 2.24) is 5.32 Å². The summed E-state index contributed by atoms with van der Waals surface area (Å²) in [6.45, 7) is 1.34. The summed E-state index contributed by atoms with van der Waals surface area (Å²) in [6, 6.07) is 8.74. The highest BCUT2D eigenvalue weighted by atomic mass is 16.5. The number of amides is 2. The van der Waals surface area contributed by atoms with E-state index in [9.17, 15) is 9.59 Å².